The molecule has 5 saturated heterocycles. The van der Waals surface area contributed by atoms with Crippen molar-refractivity contribution in [1.29, 1.82) is 0 Å². The van der Waals surface area contributed by atoms with Crippen molar-refractivity contribution in [1.82, 2.24) is 0 Å². The maximum atomic E-state index is 14.5. The molecule has 0 unspecified atom stereocenters. The second-order valence-electron chi connectivity index (χ2n) is 23.4. The van der Waals surface area contributed by atoms with Gasteiger partial charge in [-0.3, -0.25) is 4.79 Å². The predicted molar refractivity (Wildman–Crippen MR) is 240 cm³/mol. The van der Waals surface area contributed by atoms with Gasteiger partial charge in [0.25, 0.3) is 0 Å². The van der Waals surface area contributed by atoms with Gasteiger partial charge in [0.1, 0.15) is 91.2 Å². The van der Waals surface area contributed by atoms with E-state index in [2.05, 4.69) is 20.8 Å². The van der Waals surface area contributed by atoms with Gasteiger partial charge in [0.15, 0.2) is 30.9 Å². The maximum Gasteiger partial charge on any atom is 0.186 e. The zero-order valence-electron chi connectivity index (χ0n) is 41.4. The molecule has 9 fully saturated rings. The molecule has 4 saturated carbocycles. The average molecular weight is 1040 g/mol. The molecule has 0 aromatic carbocycles. The van der Waals surface area contributed by atoms with Crippen LogP contribution in [0.1, 0.15) is 85.5 Å². The smallest absolute Gasteiger partial charge is 0.186 e. The number of ether oxygens (including phenoxy) is 9. The van der Waals surface area contributed by atoms with Gasteiger partial charge in [0.2, 0.25) is 0 Å². The fourth-order valence-corrected chi connectivity index (χ4v) is 14.8. The fourth-order valence-electron chi connectivity index (χ4n) is 14.8. The van der Waals surface area contributed by atoms with Gasteiger partial charge in [-0.05, 0) is 85.4 Å². The Morgan fingerprint density at radius 1 is 0.681 bits per heavy atom. The van der Waals surface area contributed by atoms with Gasteiger partial charge in [-0.25, -0.2) is 0 Å². The first-order valence-electron chi connectivity index (χ1n) is 26.1. The minimum atomic E-state index is -1.76. The van der Waals surface area contributed by atoms with E-state index in [1.807, 2.05) is 6.92 Å². The number of carbonyl (C=O) groups excluding carboxylic acids is 1. The number of aliphatic hydroxyl groups is 13. The zero-order valence-corrected chi connectivity index (χ0v) is 41.4. The molecule has 23 heteroatoms. The summed E-state index contributed by atoms with van der Waals surface area (Å²) in [5.41, 5.74) is -0.530. The second kappa shape index (κ2) is 21.6. The summed E-state index contributed by atoms with van der Waals surface area (Å²) in [4.78, 5) is 14.5. The molecule has 30 atom stereocenters. The number of hydrogen-bond acceptors (Lipinski definition) is 23. The first-order chi connectivity index (χ1) is 34.0. The monoisotopic (exact) mass is 1040 g/mol. The molecule has 9 aliphatic rings. The minimum Gasteiger partial charge on any atom is -0.394 e. The SMILES string of the molecule is C[C@H](CC[C@@]1(O)O[C@H]2C[C@H]3[C@@H]4CC(=O)[C@H]5C[C@@H](O[C@@H]6O[C@H](CO[C@@H]7OC[C@H](O)[C@H](O)[C@H]7O)[C@@H](O[C@@H]7OC[C@@H](O)[C@H](O)[C@H]7O)[C@H](O)[C@H]6O)CC[C@]5(C)[C@H]4CC[C@]3(C)[C@H]2[C@@H]1C)CO[C@@H]1O[C@H](CO)[C@@H](O)[C@H](O)[C@H]1O. The van der Waals surface area contributed by atoms with E-state index in [1.165, 1.54) is 0 Å². The Morgan fingerprint density at radius 3 is 2.00 bits per heavy atom. The lowest BCUT2D eigenvalue weighted by Crippen LogP contribution is -2.64. The van der Waals surface area contributed by atoms with Crippen LogP contribution in [-0.4, -0.2) is 234 Å². The lowest BCUT2D eigenvalue weighted by Gasteiger charge is -2.60. The van der Waals surface area contributed by atoms with E-state index >= 15 is 0 Å². The van der Waals surface area contributed by atoms with Gasteiger partial charge in [0, 0.05) is 24.7 Å². The number of ketones is 1. The highest BCUT2D eigenvalue weighted by Crippen LogP contribution is 2.70. The summed E-state index contributed by atoms with van der Waals surface area (Å²) in [7, 11) is 0. The molecule has 0 aromatic rings. The molecule has 5 aliphatic heterocycles. The van der Waals surface area contributed by atoms with Gasteiger partial charge >= 0.3 is 0 Å². The summed E-state index contributed by atoms with van der Waals surface area (Å²) in [6, 6.07) is 0. The zero-order chi connectivity index (χ0) is 51.9. The molecular weight excluding hydrogens is 957 g/mol. The molecule has 0 radical (unpaired) electrons. The lowest BCUT2D eigenvalue weighted by atomic mass is 9.44. The number of aliphatic hydroxyl groups excluding tert-OH is 12. The highest BCUT2D eigenvalue weighted by molar-refractivity contribution is 5.83. The van der Waals surface area contributed by atoms with Gasteiger partial charge in [-0.2, -0.15) is 0 Å². The summed E-state index contributed by atoms with van der Waals surface area (Å²) >= 11 is 0. The first-order valence-corrected chi connectivity index (χ1v) is 26.1. The summed E-state index contributed by atoms with van der Waals surface area (Å²) in [6.45, 7) is 6.81. The van der Waals surface area contributed by atoms with E-state index in [4.69, 9.17) is 42.6 Å². The van der Waals surface area contributed by atoms with Crippen LogP contribution in [0.2, 0.25) is 0 Å². The number of Topliss-reactive ketones (excluding diaryl/α,β-unsaturated/α-hetero) is 1. The highest BCUT2D eigenvalue weighted by atomic mass is 16.8. The van der Waals surface area contributed by atoms with Crippen LogP contribution in [0, 0.1) is 52.3 Å². The molecule has 0 bridgehead atoms. The van der Waals surface area contributed by atoms with Crippen molar-refractivity contribution in [2.75, 3.05) is 33.0 Å². The molecule has 0 aromatic heterocycles. The van der Waals surface area contributed by atoms with Gasteiger partial charge in [-0.15, -0.1) is 0 Å². The fraction of sp³-hybridized carbons (Fsp3) is 0.980. The molecule has 5 heterocycles. The van der Waals surface area contributed by atoms with Crippen molar-refractivity contribution in [3.05, 3.63) is 0 Å². The van der Waals surface area contributed by atoms with Crippen molar-refractivity contribution in [2.45, 2.75) is 214 Å². The third kappa shape index (κ3) is 10.0. The molecule has 13 N–H and O–H groups in total. The summed E-state index contributed by atoms with van der Waals surface area (Å²) in [5.74, 6) is -1.28. The molecule has 72 heavy (non-hydrogen) atoms. The Hall–Kier alpha value is -1.21. The van der Waals surface area contributed by atoms with Crippen LogP contribution in [-0.2, 0) is 47.4 Å². The van der Waals surface area contributed by atoms with Crippen molar-refractivity contribution < 1.29 is 114 Å². The molecule has 23 nitrogen and oxygen atoms in total. The number of hydrogen-bond donors (Lipinski definition) is 13. The van der Waals surface area contributed by atoms with E-state index in [9.17, 15) is 71.2 Å². The third-order valence-corrected chi connectivity index (χ3v) is 19.1. The van der Waals surface area contributed by atoms with Crippen molar-refractivity contribution in [3.63, 3.8) is 0 Å². The van der Waals surface area contributed by atoms with Gasteiger partial charge in [-0.1, -0.05) is 27.7 Å². The highest BCUT2D eigenvalue weighted by Gasteiger charge is 2.69. The van der Waals surface area contributed by atoms with Crippen LogP contribution in [0.4, 0.5) is 0 Å². The normalized spacial score (nSPS) is 55.2. The van der Waals surface area contributed by atoms with Crippen LogP contribution < -0.4 is 0 Å². The number of carbonyl (C=O) groups is 1. The second-order valence-corrected chi connectivity index (χ2v) is 23.4. The number of rotatable bonds is 14. The van der Waals surface area contributed by atoms with E-state index in [0.717, 1.165) is 19.3 Å². The average Bonchev–Trinajstić information content (AvgIpc) is 3.79. The Labute approximate surface area is 418 Å². The van der Waals surface area contributed by atoms with Gasteiger partial charge < -0.3 is 109 Å². The molecule has 4 aliphatic carbocycles. The standard InChI is InChI=1S/C49H80O23/c1-19(15-64-44-40(61)36(57)35(56)30(14-50)69-44)5-10-49(63)20(2)32-29(72-49)13-24-22-12-26(51)25-11-21(6-8-47(25,3)23(22)7-9-48(24,32)4)68-46-41(62)37(58)42(71-45-39(60)34(55)28(53)17-66-45)31(70-46)18-67-43-38(59)33(54)27(52)16-65-43/h19-25,27-46,50,52-63H,5-18H2,1-4H3/t19-,20+,21+,22-,23+,24+,25-,27+,28-,29+,30-,31-,32+,33+,34+,35-,36+,37-,38-,39-,40-,41-,42-,43+,44-,45+,46-,47-,48+,49-/m1/s1. The predicted octanol–water partition coefficient (Wildman–Crippen LogP) is -3.50. The molecule has 0 amide bonds. The van der Waals surface area contributed by atoms with E-state index in [-0.39, 0.29) is 77.4 Å². The lowest BCUT2D eigenvalue weighted by molar-refractivity contribution is -0.361. The van der Waals surface area contributed by atoms with E-state index in [0.29, 0.717) is 38.5 Å². The Kier molecular flexibility index (Phi) is 16.6. The van der Waals surface area contributed by atoms with Crippen LogP contribution in [0.15, 0.2) is 0 Å². The van der Waals surface area contributed by atoms with E-state index in [1.54, 1.807) is 0 Å². The van der Waals surface area contributed by atoms with Crippen LogP contribution in [0.3, 0.4) is 0 Å². The summed E-state index contributed by atoms with van der Waals surface area (Å²) < 4.78 is 53.0. The van der Waals surface area contributed by atoms with Crippen molar-refractivity contribution >= 4 is 5.78 Å². The van der Waals surface area contributed by atoms with Crippen LogP contribution in [0.25, 0.3) is 0 Å². The number of fused-ring (bicyclic) bond motifs is 7. The van der Waals surface area contributed by atoms with Gasteiger partial charge in [0.05, 0.1) is 45.2 Å². The third-order valence-electron chi connectivity index (χ3n) is 19.1. The quantitative estimate of drug-likeness (QED) is 0.0751. The Morgan fingerprint density at radius 2 is 1.31 bits per heavy atom. The van der Waals surface area contributed by atoms with Crippen LogP contribution >= 0.6 is 0 Å². The Bertz CT molecular complexity index is 1850. The van der Waals surface area contributed by atoms with Crippen molar-refractivity contribution in [3.8, 4) is 0 Å². The topological polar surface area (TPSA) is 363 Å². The molecule has 414 valence electrons. The summed E-state index contributed by atoms with van der Waals surface area (Å²) in [6.07, 6.45) is -22.5. The molecule has 9 rings (SSSR count). The molecule has 0 spiro atoms. The first kappa shape index (κ1) is 55.5. The Balaban J connectivity index is 0.813. The van der Waals surface area contributed by atoms with E-state index < -0.39 is 142 Å². The van der Waals surface area contributed by atoms with Crippen molar-refractivity contribution in [2.24, 2.45) is 52.3 Å². The van der Waals surface area contributed by atoms with Crippen LogP contribution in [0.5, 0.6) is 0 Å². The minimum absolute atomic E-state index is 0.0647. The summed E-state index contributed by atoms with van der Waals surface area (Å²) in [5, 5.41) is 137. The largest absolute Gasteiger partial charge is 0.394 e. The maximum absolute atomic E-state index is 14.5. The molecular formula is C49H80O23.